The number of benzene rings is 2. The van der Waals surface area contributed by atoms with Crippen LogP contribution < -0.4 is 10.6 Å². The van der Waals surface area contributed by atoms with E-state index in [4.69, 9.17) is 0 Å². The Labute approximate surface area is 147 Å². The maximum absolute atomic E-state index is 12.2. The predicted molar refractivity (Wildman–Crippen MR) is 99.7 cm³/mol. The summed E-state index contributed by atoms with van der Waals surface area (Å²) in [5.41, 5.74) is 4.04. The van der Waals surface area contributed by atoms with Crippen LogP contribution in [0.25, 0.3) is 0 Å². The van der Waals surface area contributed by atoms with Gasteiger partial charge in [-0.2, -0.15) is 0 Å². The second kappa shape index (κ2) is 7.57. The van der Waals surface area contributed by atoms with Crippen LogP contribution in [-0.4, -0.2) is 16.1 Å². The third-order valence-corrected chi connectivity index (χ3v) is 3.78. The van der Waals surface area contributed by atoms with Gasteiger partial charge in [0.1, 0.15) is 5.82 Å². The number of carbonyl (C=O) groups is 1. The fourth-order valence-corrected chi connectivity index (χ4v) is 2.37. The van der Waals surface area contributed by atoms with Crippen LogP contribution in [0.3, 0.4) is 0 Å². The summed E-state index contributed by atoms with van der Waals surface area (Å²) < 4.78 is 0. The van der Waals surface area contributed by atoms with Crippen LogP contribution in [0, 0.1) is 13.8 Å². The van der Waals surface area contributed by atoms with E-state index in [2.05, 4.69) is 52.0 Å². The summed E-state index contributed by atoms with van der Waals surface area (Å²) >= 11 is 0. The topological polar surface area (TPSA) is 66.9 Å². The molecule has 5 heteroatoms. The Morgan fingerprint density at radius 1 is 0.880 bits per heavy atom. The highest BCUT2D eigenvalue weighted by Gasteiger charge is 2.07. The average molecular weight is 332 g/mol. The number of rotatable bonds is 5. The number of hydrogen-bond donors (Lipinski definition) is 2. The molecule has 1 aromatic heterocycles. The van der Waals surface area contributed by atoms with Crippen LogP contribution in [0.4, 0.5) is 11.6 Å². The van der Waals surface area contributed by atoms with E-state index in [0.717, 1.165) is 5.56 Å². The van der Waals surface area contributed by atoms with Gasteiger partial charge in [-0.25, -0.2) is 0 Å². The number of aromatic nitrogens is 2. The van der Waals surface area contributed by atoms with Crippen molar-refractivity contribution in [1.29, 1.82) is 0 Å². The Balaban J connectivity index is 1.58. The Morgan fingerprint density at radius 2 is 1.60 bits per heavy atom. The van der Waals surface area contributed by atoms with Crippen LogP contribution in [0.5, 0.6) is 0 Å². The van der Waals surface area contributed by atoms with Gasteiger partial charge in [0.25, 0.3) is 5.91 Å². The third-order valence-electron chi connectivity index (χ3n) is 3.78. The zero-order valence-electron chi connectivity index (χ0n) is 14.3. The van der Waals surface area contributed by atoms with Gasteiger partial charge in [0, 0.05) is 12.1 Å². The van der Waals surface area contributed by atoms with Crippen LogP contribution >= 0.6 is 0 Å². The first-order valence-electron chi connectivity index (χ1n) is 8.11. The van der Waals surface area contributed by atoms with Crippen molar-refractivity contribution in [2.75, 3.05) is 10.6 Å². The molecule has 1 amide bonds. The molecule has 5 nitrogen and oxygen atoms in total. The van der Waals surface area contributed by atoms with Gasteiger partial charge in [-0.1, -0.05) is 47.5 Å². The normalized spacial score (nSPS) is 10.3. The third kappa shape index (κ3) is 4.64. The van der Waals surface area contributed by atoms with Crippen LogP contribution in [0.1, 0.15) is 27.0 Å². The highest BCUT2D eigenvalue weighted by molar-refractivity contribution is 6.03. The van der Waals surface area contributed by atoms with Crippen molar-refractivity contribution in [2.24, 2.45) is 0 Å². The monoisotopic (exact) mass is 332 g/mol. The van der Waals surface area contributed by atoms with Gasteiger partial charge in [0.15, 0.2) is 5.82 Å². The molecule has 3 aromatic rings. The molecule has 0 radical (unpaired) electrons. The molecule has 0 saturated heterocycles. The number of aryl methyl sites for hydroxylation is 2. The summed E-state index contributed by atoms with van der Waals surface area (Å²) in [6.07, 6.45) is 0. The maximum atomic E-state index is 12.2. The number of nitrogens with one attached hydrogen (secondary N) is 2. The molecule has 1 heterocycles. The average Bonchev–Trinajstić information content (AvgIpc) is 2.62. The van der Waals surface area contributed by atoms with Gasteiger partial charge in [0.2, 0.25) is 0 Å². The molecule has 2 N–H and O–H groups in total. The largest absolute Gasteiger partial charge is 0.365 e. The highest BCUT2D eigenvalue weighted by atomic mass is 16.1. The quantitative estimate of drug-likeness (QED) is 0.742. The highest BCUT2D eigenvalue weighted by Crippen LogP contribution is 2.11. The van der Waals surface area contributed by atoms with Crippen molar-refractivity contribution in [3.05, 3.63) is 82.9 Å². The number of amides is 1. The SMILES string of the molecule is Cc1ccc(CNc2ccc(NC(=O)c3cccc(C)c3)nn2)cc1. The lowest BCUT2D eigenvalue weighted by Crippen LogP contribution is -2.13. The van der Waals surface area contributed by atoms with Crippen LogP contribution in [-0.2, 0) is 6.54 Å². The van der Waals surface area contributed by atoms with E-state index >= 15 is 0 Å². The molecule has 0 aliphatic rings. The van der Waals surface area contributed by atoms with Crippen molar-refractivity contribution in [1.82, 2.24) is 10.2 Å². The minimum Gasteiger partial charge on any atom is -0.365 e. The smallest absolute Gasteiger partial charge is 0.256 e. The summed E-state index contributed by atoms with van der Waals surface area (Å²) in [4.78, 5) is 12.2. The van der Waals surface area contributed by atoms with E-state index in [-0.39, 0.29) is 5.91 Å². The minimum absolute atomic E-state index is 0.196. The van der Waals surface area contributed by atoms with Gasteiger partial charge in [0.05, 0.1) is 0 Å². The summed E-state index contributed by atoms with van der Waals surface area (Å²) in [7, 11) is 0. The fraction of sp³-hybridized carbons (Fsp3) is 0.150. The van der Waals surface area contributed by atoms with E-state index in [9.17, 15) is 4.79 Å². The molecule has 0 saturated carbocycles. The van der Waals surface area contributed by atoms with E-state index < -0.39 is 0 Å². The Hall–Kier alpha value is -3.21. The standard InChI is InChI=1S/C20H20N4O/c1-14-6-8-16(9-7-14)13-21-18-10-11-19(24-23-18)22-20(25)17-5-3-4-15(2)12-17/h3-12H,13H2,1-2H3,(H,21,23)(H,22,24,25). The second-order valence-electron chi connectivity index (χ2n) is 5.97. The number of nitrogens with zero attached hydrogens (tertiary/aromatic N) is 2. The molecule has 2 aromatic carbocycles. The van der Waals surface area contributed by atoms with Crippen LogP contribution in [0.2, 0.25) is 0 Å². The zero-order valence-corrected chi connectivity index (χ0v) is 14.3. The summed E-state index contributed by atoms with van der Waals surface area (Å²) in [5, 5.41) is 14.1. The lowest BCUT2D eigenvalue weighted by Gasteiger charge is -2.07. The molecule has 0 unspecified atom stereocenters. The molecule has 3 rings (SSSR count). The first-order valence-corrected chi connectivity index (χ1v) is 8.11. The maximum Gasteiger partial charge on any atom is 0.256 e. The van der Waals surface area contributed by atoms with Gasteiger partial charge >= 0.3 is 0 Å². The zero-order chi connectivity index (χ0) is 17.6. The lowest BCUT2D eigenvalue weighted by atomic mass is 10.1. The van der Waals surface area contributed by atoms with Gasteiger partial charge in [-0.3, -0.25) is 4.79 Å². The van der Waals surface area contributed by atoms with E-state index in [0.29, 0.717) is 23.7 Å². The summed E-state index contributed by atoms with van der Waals surface area (Å²) in [6.45, 7) is 4.68. The van der Waals surface area contributed by atoms with Gasteiger partial charge in [-0.15, -0.1) is 10.2 Å². The molecule has 0 fully saturated rings. The lowest BCUT2D eigenvalue weighted by molar-refractivity contribution is 0.102. The number of anilines is 2. The minimum atomic E-state index is -0.196. The summed E-state index contributed by atoms with van der Waals surface area (Å²) in [6, 6.07) is 19.2. The molecule has 126 valence electrons. The molecular weight excluding hydrogens is 312 g/mol. The van der Waals surface area contributed by atoms with Gasteiger partial charge < -0.3 is 10.6 Å². The van der Waals surface area contributed by atoms with Crippen molar-refractivity contribution in [2.45, 2.75) is 20.4 Å². The van der Waals surface area contributed by atoms with Crippen molar-refractivity contribution < 1.29 is 4.79 Å². The second-order valence-corrected chi connectivity index (χ2v) is 5.97. The molecule has 0 bridgehead atoms. The first-order chi connectivity index (χ1) is 12.1. The summed E-state index contributed by atoms with van der Waals surface area (Å²) in [5.74, 6) is 0.889. The fourth-order valence-electron chi connectivity index (χ4n) is 2.37. The molecule has 25 heavy (non-hydrogen) atoms. The van der Waals surface area contributed by atoms with Crippen LogP contribution in [0.15, 0.2) is 60.7 Å². The number of carbonyl (C=O) groups excluding carboxylic acids is 1. The predicted octanol–water partition coefficient (Wildman–Crippen LogP) is 3.96. The van der Waals surface area contributed by atoms with E-state index in [1.807, 2.05) is 25.1 Å². The van der Waals surface area contributed by atoms with Gasteiger partial charge in [-0.05, 0) is 43.7 Å². The molecule has 0 atom stereocenters. The Morgan fingerprint density at radius 3 is 2.28 bits per heavy atom. The van der Waals surface area contributed by atoms with Crippen molar-refractivity contribution >= 4 is 17.5 Å². The van der Waals surface area contributed by atoms with E-state index in [1.54, 1.807) is 18.2 Å². The number of hydrogen-bond acceptors (Lipinski definition) is 4. The van der Waals surface area contributed by atoms with E-state index in [1.165, 1.54) is 11.1 Å². The molecule has 0 aliphatic carbocycles. The van der Waals surface area contributed by atoms with Crippen molar-refractivity contribution in [3.8, 4) is 0 Å². The van der Waals surface area contributed by atoms with Crippen molar-refractivity contribution in [3.63, 3.8) is 0 Å². The Kier molecular flexibility index (Phi) is 5.04. The Bertz CT molecular complexity index is 858. The molecular formula is C20H20N4O. The molecule has 0 spiro atoms. The molecule has 0 aliphatic heterocycles. The first kappa shape index (κ1) is 16.6.